The number of methoxy groups -OCH3 is 1. The fraction of sp³-hybridized carbons (Fsp3) is 0.471. The molecule has 116 valence electrons. The Balaban J connectivity index is 1.63. The summed E-state index contributed by atoms with van der Waals surface area (Å²) >= 11 is 0. The zero-order chi connectivity index (χ0) is 15.1. The van der Waals surface area contributed by atoms with Crippen molar-refractivity contribution in [3.05, 3.63) is 30.0 Å². The summed E-state index contributed by atoms with van der Waals surface area (Å²) < 4.78 is 5.36. The second-order valence-corrected chi connectivity index (χ2v) is 6.17. The zero-order valence-electron chi connectivity index (χ0n) is 12.8. The van der Waals surface area contributed by atoms with Crippen molar-refractivity contribution in [2.45, 2.75) is 18.9 Å². The molecule has 2 saturated heterocycles. The number of para-hydroxylation sites is 1. The van der Waals surface area contributed by atoms with Gasteiger partial charge in [-0.2, -0.15) is 0 Å². The SMILES string of the molecule is COc1cccc2c(C(=O)N3CCN4CCC[C@H]4C3)c[nH]c12. The number of piperazine rings is 1. The van der Waals surface area contributed by atoms with E-state index in [1.165, 1.54) is 19.4 Å². The molecule has 2 aliphatic rings. The van der Waals surface area contributed by atoms with Crippen LogP contribution in [0.15, 0.2) is 24.4 Å². The topological polar surface area (TPSA) is 48.6 Å². The first-order valence-corrected chi connectivity index (χ1v) is 7.95. The van der Waals surface area contributed by atoms with Gasteiger partial charge in [-0.05, 0) is 25.5 Å². The molecule has 0 radical (unpaired) electrons. The monoisotopic (exact) mass is 299 g/mol. The van der Waals surface area contributed by atoms with Crippen LogP contribution in [0, 0.1) is 0 Å². The summed E-state index contributed by atoms with van der Waals surface area (Å²) in [4.78, 5) is 20.6. The molecule has 2 aliphatic heterocycles. The van der Waals surface area contributed by atoms with Crippen molar-refractivity contribution in [3.63, 3.8) is 0 Å². The Morgan fingerprint density at radius 3 is 3.09 bits per heavy atom. The smallest absolute Gasteiger partial charge is 0.256 e. The molecule has 5 heteroatoms. The highest BCUT2D eigenvalue weighted by molar-refractivity contribution is 6.08. The van der Waals surface area contributed by atoms with E-state index in [9.17, 15) is 4.79 Å². The number of hydrogen-bond donors (Lipinski definition) is 1. The molecule has 2 fully saturated rings. The number of nitrogens with one attached hydrogen (secondary N) is 1. The van der Waals surface area contributed by atoms with E-state index in [-0.39, 0.29) is 5.91 Å². The fourth-order valence-electron chi connectivity index (χ4n) is 3.82. The third kappa shape index (κ3) is 2.08. The molecule has 0 unspecified atom stereocenters. The predicted molar refractivity (Wildman–Crippen MR) is 85.3 cm³/mol. The van der Waals surface area contributed by atoms with E-state index in [2.05, 4.69) is 9.88 Å². The number of H-pyrrole nitrogens is 1. The van der Waals surface area contributed by atoms with Crippen LogP contribution >= 0.6 is 0 Å². The largest absolute Gasteiger partial charge is 0.495 e. The first-order valence-electron chi connectivity index (χ1n) is 7.95. The van der Waals surface area contributed by atoms with Crippen LogP contribution in [0.3, 0.4) is 0 Å². The van der Waals surface area contributed by atoms with Crippen molar-refractivity contribution >= 4 is 16.8 Å². The Bertz CT molecular complexity index is 709. The summed E-state index contributed by atoms with van der Waals surface area (Å²) in [6.45, 7) is 3.88. The molecule has 1 N–H and O–H groups in total. The first kappa shape index (κ1) is 13.6. The predicted octanol–water partition coefficient (Wildman–Crippen LogP) is 2.10. The summed E-state index contributed by atoms with van der Waals surface area (Å²) in [5.74, 6) is 0.906. The maximum atomic E-state index is 12.9. The molecule has 1 amide bonds. The molecule has 1 aromatic carbocycles. The molecular weight excluding hydrogens is 278 g/mol. The van der Waals surface area contributed by atoms with Gasteiger partial charge in [-0.15, -0.1) is 0 Å². The summed E-state index contributed by atoms with van der Waals surface area (Å²) in [6.07, 6.45) is 4.29. The number of ether oxygens (including phenoxy) is 1. The second-order valence-electron chi connectivity index (χ2n) is 6.17. The van der Waals surface area contributed by atoms with Crippen LogP contribution < -0.4 is 4.74 Å². The van der Waals surface area contributed by atoms with E-state index in [4.69, 9.17) is 4.74 Å². The summed E-state index contributed by atoms with van der Waals surface area (Å²) in [6, 6.07) is 6.37. The first-order chi connectivity index (χ1) is 10.8. The Hall–Kier alpha value is -2.01. The minimum atomic E-state index is 0.131. The lowest BCUT2D eigenvalue weighted by Crippen LogP contribution is -2.52. The highest BCUT2D eigenvalue weighted by atomic mass is 16.5. The number of aromatic amines is 1. The van der Waals surface area contributed by atoms with Crippen LogP contribution in [-0.4, -0.2) is 60.0 Å². The van der Waals surface area contributed by atoms with Crippen LogP contribution in [0.1, 0.15) is 23.2 Å². The summed E-state index contributed by atoms with van der Waals surface area (Å²) in [7, 11) is 1.65. The quantitative estimate of drug-likeness (QED) is 0.924. The van der Waals surface area contributed by atoms with Crippen molar-refractivity contribution in [1.82, 2.24) is 14.8 Å². The van der Waals surface area contributed by atoms with Gasteiger partial charge in [-0.3, -0.25) is 9.69 Å². The second kappa shape index (κ2) is 5.32. The van der Waals surface area contributed by atoms with Crippen molar-refractivity contribution in [1.29, 1.82) is 0 Å². The van der Waals surface area contributed by atoms with Gasteiger partial charge in [0.05, 0.1) is 18.2 Å². The number of amides is 1. The molecule has 5 nitrogen and oxygen atoms in total. The van der Waals surface area contributed by atoms with Crippen molar-refractivity contribution < 1.29 is 9.53 Å². The van der Waals surface area contributed by atoms with E-state index < -0.39 is 0 Å². The van der Waals surface area contributed by atoms with Gasteiger partial charge in [0.15, 0.2) is 0 Å². The van der Waals surface area contributed by atoms with Gasteiger partial charge in [0.2, 0.25) is 0 Å². The maximum Gasteiger partial charge on any atom is 0.256 e. The van der Waals surface area contributed by atoms with Gasteiger partial charge in [0.1, 0.15) is 5.75 Å². The average Bonchev–Trinajstić information content (AvgIpc) is 3.19. The molecule has 2 aromatic rings. The molecule has 1 aromatic heterocycles. The molecule has 0 spiro atoms. The number of carbonyl (C=O) groups is 1. The molecule has 1 atom stereocenters. The van der Waals surface area contributed by atoms with Crippen molar-refractivity contribution in [2.75, 3.05) is 33.3 Å². The van der Waals surface area contributed by atoms with E-state index in [1.54, 1.807) is 7.11 Å². The molecule has 0 bridgehead atoms. The molecule has 4 rings (SSSR count). The molecule has 0 aliphatic carbocycles. The van der Waals surface area contributed by atoms with Crippen LogP contribution in [-0.2, 0) is 0 Å². The third-order valence-electron chi connectivity index (χ3n) is 5.00. The van der Waals surface area contributed by atoms with Gasteiger partial charge in [0, 0.05) is 37.3 Å². The van der Waals surface area contributed by atoms with Gasteiger partial charge in [0.25, 0.3) is 5.91 Å². The average molecular weight is 299 g/mol. The lowest BCUT2D eigenvalue weighted by molar-refractivity contribution is 0.0573. The number of nitrogens with zero attached hydrogens (tertiary/aromatic N) is 2. The van der Waals surface area contributed by atoms with Gasteiger partial charge >= 0.3 is 0 Å². The van der Waals surface area contributed by atoms with Crippen LogP contribution in [0.2, 0.25) is 0 Å². The highest BCUT2D eigenvalue weighted by Crippen LogP contribution is 2.29. The normalized spacial score (nSPS) is 22.0. The van der Waals surface area contributed by atoms with E-state index >= 15 is 0 Å². The zero-order valence-corrected chi connectivity index (χ0v) is 12.8. The van der Waals surface area contributed by atoms with Gasteiger partial charge < -0.3 is 14.6 Å². The Kier molecular flexibility index (Phi) is 3.30. The van der Waals surface area contributed by atoms with Crippen LogP contribution in [0.5, 0.6) is 5.75 Å². The Morgan fingerprint density at radius 2 is 2.23 bits per heavy atom. The molecule has 3 heterocycles. The number of aromatic nitrogens is 1. The van der Waals surface area contributed by atoms with Crippen LogP contribution in [0.25, 0.3) is 10.9 Å². The van der Waals surface area contributed by atoms with Crippen molar-refractivity contribution in [2.24, 2.45) is 0 Å². The lowest BCUT2D eigenvalue weighted by atomic mass is 10.1. The van der Waals surface area contributed by atoms with Gasteiger partial charge in [-0.25, -0.2) is 0 Å². The lowest BCUT2D eigenvalue weighted by Gasteiger charge is -2.37. The minimum Gasteiger partial charge on any atom is -0.495 e. The van der Waals surface area contributed by atoms with E-state index in [1.807, 2.05) is 29.3 Å². The standard InChI is InChI=1S/C17H21N3O2/c1-22-15-6-2-5-13-14(10-18-16(13)15)17(21)20-9-8-19-7-3-4-12(19)11-20/h2,5-6,10,12,18H,3-4,7-9,11H2,1H3/t12-/m0/s1. The Morgan fingerprint density at radius 1 is 1.32 bits per heavy atom. The number of fused-ring (bicyclic) bond motifs is 2. The molecule has 0 saturated carbocycles. The summed E-state index contributed by atoms with van der Waals surface area (Å²) in [5, 5.41) is 0.943. The molecule has 22 heavy (non-hydrogen) atoms. The number of carbonyl (C=O) groups excluding carboxylic acids is 1. The number of hydrogen-bond acceptors (Lipinski definition) is 3. The van der Waals surface area contributed by atoms with Crippen molar-refractivity contribution in [3.8, 4) is 5.75 Å². The van der Waals surface area contributed by atoms with Crippen LogP contribution in [0.4, 0.5) is 0 Å². The van der Waals surface area contributed by atoms with E-state index in [0.29, 0.717) is 6.04 Å². The molecular formula is C17H21N3O2. The van der Waals surface area contributed by atoms with Gasteiger partial charge in [-0.1, -0.05) is 12.1 Å². The third-order valence-corrected chi connectivity index (χ3v) is 5.00. The highest BCUT2D eigenvalue weighted by Gasteiger charge is 2.33. The summed E-state index contributed by atoms with van der Waals surface area (Å²) in [5.41, 5.74) is 1.65. The number of rotatable bonds is 2. The maximum absolute atomic E-state index is 12.9. The number of benzene rings is 1. The fourth-order valence-corrected chi connectivity index (χ4v) is 3.82. The minimum absolute atomic E-state index is 0.131. The Labute approximate surface area is 129 Å². The van der Waals surface area contributed by atoms with E-state index in [0.717, 1.165) is 41.9 Å².